The van der Waals surface area contributed by atoms with E-state index in [-0.39, 0.29) is 0 Å². The summed E-state index contributed by atoms with van der Waals surface area (Å²) in [6.07, 6.45) is 2.68. The van der Waals surface area contributed by atoms with Crippen LogP contribution in [0.4, 0.5) is 0 Å². The molecule has 2 saturated heterocycles. The average molecular weight is 196 g/mol. The Balaban J connectivity index is 2.00. The summed E-state index contributed by atoms with van der Waals surface area (Å²) in [4.78, 5) is 2.71. The maximum Gasteiger partial charge on any atom is 0.0197 e. The molecule has 0 aromatic rings. The van der Waals surface area contributed by atoms with Crippen molar-refractivity contribution in [1.29, 1.82) is 0 Å². The Morgan fingerprint density at radius 3 is 2.79 bits per heavy atom. The molecule has 0 bridgehead atoms. The van der Waals surface area contributed by atoms with Crippen molar-refractivity contribution >= 4 is 0 Å². The van der Waals surface area contributed by atoms with Gasteiger partial charge in [-0.3, -0.25) is 4.90 Å². The van der Waals surface area contributed by atoms with Crippen molar-refractivity contribution in [2.75, 3.05) is 26.2 Å². The summed E-state index contributed by atoms with van der Waals surface area (Å²) >= 11 is 0. The van der Waals surface area contributed by atoms with E-state index in [1.165, 1.54) is 39.0 Å². The fourth-order valence-electron chi connectivity index (χ4n) is 3.23. The summed E-state index contributed by atoms with van der Waals surface area (Å²) < 4.78 is 0. The van der Waals surface area contributed by atoms with Crippen molar-refractivity contribution in [2.24, 2.45) is 11.8 Å². The molecule has 0 aromatic heterocycles. The third-order valence-electron chi connectivity index (χ3n) is 4.30. The molecule has 2 heteroatoms. The van der Waals surface area contributed by atoms with E-state index < -0.39 is 0 Å². The van der Waals surface area contributed by atoms with Gasteiger partial charge in [0.2, 0.25) is 0 Å². The average Bonchev–Trinajstić information content (AvgIpc) is 2.66. The third kappa shape index (κ3) is 1.59. The van der Waals surface area contributed by atoms with E-state index in [1.807, 2.05) is 0 Å². The Hall–Kier alpha value is -0.0800. The minimum atomic E-state index is 0.434. The Kier molecular flexibility index (Phi) is 2.85. The molecule has 2 rings (SSSR count). The monoisotopic (exact) mass is 196 g/mol. The van der Waals surface area contributed by atoms with Crippen LogP contribution in [0, 0.1) is 11.8 Å². The van der Waals surface area contributed by atoms with E-state index in [2.05, 4.69) is 31.0 Å². The normalized spacial score (nSPS) is 36.2. The van der Waals surface area contributed by atoms with Gasteiger partial charge in [-0.05, 0) is 45.2 Å². The van der Waals surface area contributed by atoms with Gasteiger partial charge in [0.05, 0.1) is 0 Å². The molecule has 14 heavy (non-hydrogen) atoms. The van der Waals surface area contributed by atoms with E-state index in [9.17, 15) is 0 Å². The van der Waals surface area contributed by atoms with Crippen LogP contribution in [0.1, 0.15) is 33.6 Å². The van der Waals surface area contributed by atoms with E-state index in [0.717, 1.165) is 11.8 Å². The van der Waals surface area contributed by atoms with E-state index >= 15 is 0 Å². The molecule has 82 valence electrons. The second-order valence-electron chi connectivity index (χ2n) is 5.48. The number of hydrogen-bond donors (Lipinski definition) is 1. The first-order chi connectivity index (χ1) is 6.66. The molecule has 2 aliphatic rings. The molecule has 2 nitrogen and oxygen atoms in total. The SMILES string of the molecule is CCCCN1CC2CNCC2C1(C)C. The number of likely N-dealkylation sites (tertiary alicyclic amines) is 1. The van der Waals surface area contributed by atoms with E-state index in [1.54, 1.807) is 0 Å². The molecule has 0 aliphatic carbocycles. The zero-order valence-electron chi connectivity index (χ0n) is 9.84. The van der Waals surface area contributed by atoms with Crippen molar-refractivity contribution in [3.05, 3.63) is 0 Å². The van der Waals surface area contributed by atoms with Crippen LogP contribution in [0.25, 0.3) is 0 Å². The fourth-order valence-corrected chi connectivity index (χ4v) is 3.23. The van der Waals surface area contributed by atoms with Gasteiger partial charge in [0.25, 0.3) is 0 Å². The highest BCUT2D eigenvalue weighted by atomic mass is 15.2. The maximum atomic E-state index is 3.53. The number of nitrogens with zero attached hydrogens (tertiary/aromatic N) is 1. The van der Waals surface area contributed by atoms with Crippen LogP contribution in [0.3, 0.4) is 0 Å². The molecule has 0 aromatic carbocycles. The smallest absolute Gasteiger partial charge is 0.0197 e. The zero-order chi connectivity index (χ0) is 10.2. The minimum Gasteiger partial charge on any atom is -0.316 e. The first-order valence-corrected chi connectivity index (χ1v) is 6.12. The summed E-state index contributed by atoms with van der Waals surface area (Å²) in [5.41, 5.74) is 0.434. The number of hydrogen-bond acceptors (Lipinski definition) is 2. The summed E-state index contributed by atoms with van der Waals surface area (Å²) in [5.74, 6) is 1.81. The van der Waals surface area contributed by atoms with Crippen molar-refractivity contribution in [3.8, 4) is 0 Å². The van der Waals surface area contributed by atoms with Crippen LogP contribution in [0.5, 0.6) is 0 Å². The Labute approximate surface area is 88.1 Å². The highest BCUT2D eigenvalue weighted by Crippen LogP contribution is 2.40. The van der Waals surface area contributed by atoms with Gasteiger partial charge in [-0.15, -0.1) is 0 Å². The topological polar surface area (TPSA) is 15.3 Å². The second-order valence-corrected chi connectivity index (χ2v) is 5.48. The molecule has 2 unspecified atom stereocenters. The molecule has 0 radical (unpaired) electrons. The van der Waals surface area contributed by atoms with Crippen LogP contribution in [0.2, 0.25) is 0 Å². The van der Waals surface area contributed by atoms with Crippen LogP contribution in [0.15, 0.2) is 0 Å². The minimum absolute atomic E-state index is 0.434. The number of nitrogens with one attached hydrogen (secondary N) is 1. The van der Waals surface area contributed by atoms with Gasteiger partial charge >= 0.3 is 0 Å². The van der Waals surface area contributed by atoms with Gasteiger partial charge in [0, 0.05) is 18.6 Å². The lowest BCUT2D eigenvalue weighted by molar-refractivity contribution is 0.138. The molecule has 2 atom stereocenters. The molecular weight excluding hydrogens is 172 g/mol. The molecule has 2 heterocycles. The van der Waals surface area contributed by atoms with Crippen LogP contribution < -0.4 is 5.32 Å². The van der Waals surface area contributed by atoms with Crippen LogP contribution >= 0.6 is 0 Å². The maximum absolute atomic E-state index is 3.53. The van der Waals surface area contributed by atoms with Crippen molar-refractivity contribution in [3.63, 3.8) is 0 Å². The number of fused-ring (bicyclic) bond motifs is 1. The van der Waals surface area contributed by atoms with E-state index in [0.29, 0.717) is 5.54 Å². The lowest BCUT2D eigenvalue weighted by Gasteiger charge is -2.35. The molecule has 0 spiro atoms. The quantitative estimate of drug-likeness (QED) is 0.739. The number of rotatable bonds is 3. The molecule has 1 N–H and O–H groups in total. The molecular formula is C12H24N2. The summed E-state index contributed by atoms with van der Waals surface area (Å²) in [6.45, 7) is 12.3. The van der Waals surface area contributed by atoms with Crippen LogP contribution in [-0.2, 0) is 0 Å². The van der Waals surface area contributed by atoms with Gasteiger partial charge in [-0.1, -0.05) is 13.3 Å². The molecule has 2 fully saturated rings. The van der Waals surface area contributed by atoms with Gasteiger partial charge in [-0.2, -0.15) is 0 Å². The van der Waals surface area contributed by atoms with Crippen molar-refractivity contribution < 1.29 is 0 Å². The van der Waals surface area contributed by atoms with Gasteiger partial charge in [-0.25, -0.2) is 0 Å². The first kappa shape index (κ1) is 10.4. The Morgan fingerprint density at radius 2 is 2.14 bits per heavy atom. The van der Waals surface area contributed by atoms with Crippen molar-refractivity contribution in [2.45, 2.75) is 39.2 Å². The molecule has 0 amide bonds. The van der Waals surface area contributed by atoms with Gasteiger partial charge < -0.3 is 5.32 Å². The highest BCUT2D eigenvalue weighted by molar-refractivity contribution is 5.04. The van der Waals surface area contributed by atoms with Gasteiger partial charge in [0.1, 0.15) is 0 Å². The fraction of sp³-hybridized carbons (Fsp3) is 1.00. The molecule has 0 saturated carbocycles. The number of unbranched alkanes of at least 4 members (excludes halogenated alkanes) is 1. The second kappa shape index (κ2) is 3.82. The Bertz CT molecular complexity index is 200. The Morgan fingerprint density at radius 1 is 1.36 bits per heavy atom. The third-order valence-corrected chi connectivity index (χ3v) is 4.30. The predicted molar refractivity (Wildman–Crippen MR) is 60.4 cm³/mol. The molecule has 2 aliphatic heterocycles. The standard InChI is InChI=1S/C12H24N2/c1-4-5-6-14-9-10-7-13-8-11(10)12(14,2)3/h10-11,13H,4-9H2,1-3H3. The predicted octanol–water partition coefficient (Wildman–Crippen LogP) is 1.72. The zero-order valence-corrected chi connectivity index (χ0v) is 9.84. The highest BCUT2D eigenvalue weighted by Gasteiger charge is 2.48. The largest absolute Gasteiger partial charge is 0.316 e. The first-order valence-electron chi connectivity index (χ1n) is 6.12. The summed E-state index contributed by atoms with van der Waals surface area (Å²) in [5, 5.41) is 3.53. The summed E-state index contributed by atoms with van der Waals surface area (Å²) in [6, 6.07) is 0. The summed E-state index contributed by atoms with van der Waals surface area (Å²) in [7, 11) is 0. The van der Waals surface area contributed by atoms with E-state index in [4.69, 9.17) is 0 Å². The van der Waals surface area contributed by atoms with Crippen LogP contribution in [-0.4, -0.2) is 36.6 Å². The lowest BCUT2D eigenvalue weighted by atomic mass is 9.85. The van der Waals surface area contributed by atoms with Gasteiger partial charge in [0.15, 0.2) is 0 Å². The lowest BCUT2D eigenvalue weighted by Crippen LogP contribution is -2.44. The van der Waals surface area contributed by atoms with Crippen molar-refractivity contribution in [1.82, 2.24) is 10.2 Å².